The van der Waals surface area contributed by atoms with Gasteiger partial charge in [-0.1, -0.05) is 88.8 Å². The number of nitrogens with two attached hydrogens (primary N) is 1. The molecule has 0 atom stereocenters. The smallest absolute Gasteiger partial charge is 0.221 e. The van der Waals surface area contributed by atoms with Crippen LogP contribution in [-0.4, -0.2) is 24.2 Å². The molecule has 0 saturated heterocycles. The quantitative estimate of drug-likeness (QED) is 0.296. The zero-order valence-corrected chi connectivity index (χ0v) is 17.3. The topological polar surface area (TPSA) is 58.4 Å². The Kier molecular flexibility index (Phi) is 10.0. The predicted molar refractivity (Wildman–Crippen MR) is 115 cm³/mol. The molecule has 2 aliphatic carbocycles. The van der Waals surface area contributed by atoms with Crippen molar-refractivity contribution in [3.05, 3.63) is 24.6 Å². The fourth-order valence-electron chi connectivity index (χ4n) is 4.62. The molecule has 1 amide bonds. The number of allylic oxidation sites excluding steroid dienone is 1. The Labute approximate surface area is 167 Å². The largest absolute Gasteiger partial charge is 0.325 e. The first-order valence-corrected chi connectivity index (χ1v) is 11.1. The van der Waals surface area contributed by atoms with E-state index in [2.05, 4.69) is 19.2 Å². The number of amides is 1. The summed E-state index contributed by atoms with van der Waals surface area (Å²) in [7, 11) is 2.70. The Morgan fingerprint density at radius 3 is 2.00 bits per heavy atom. The van der Waals surface area contributed by atoms with Gasteiger partial charge in [0.05, 0.1) is 5.70 Å². The number of carbonyl (C=O) groups is 1. The fourth-order valence-corrected chi connectivity index (χ4v) is 4.62. The van der Waals surface area contributed by atoms with Gasteiger partial charge in [0.15, 0.2) is 0 Å². The lowest BCUT2D eigenvalue weighted by molar-refractivity contribution is -0.118. The van der Waals surface area contributed by atoms with Gasteiger partial charge in [0.1, 0.15) is 7.28 Å². The SMILES string of the molecule is C=C/C(=C\N(N)C1CCC([B]C2CCCCCCCCC2)CC1)NC(C)=O. The highest BCUT2D eigenvalue weighted by molar-refractivity contribution is 6.39. The summed E-state index contributed by atoms with van der Waals surface area (Å²) >= 11 is 0. The fraction of sp³-hybridized carbons (Fsp3) is 0.773. The van der Waals surface area contributed by atoms with Gasteiger partial charge in [-0.25, -0.2) is 5.84 Å². The third kappa shape index (κ3) is 8.55. The molecule has 0 unspecified atom stereocenters. The molecule has 27 heavy (non-hydrogen) atoms. The Morgan fingerprint density at radius 2 is 1.48 bits per heavy atom. The third-order valence-corrected chi connectivity index (χ3v) is 6.19. The maximum absolute atomic E-state index is 11.2. The van der Waals surface area contributed by atoms with Gasteiger partial charge in [0.2, 0.25) is 5.91 Å². The number of rotatable bonds is 6. The van der Waals surface area contributed by atoms with Crippen LogP contribution in [-0.2, 0) is 4.79 Å². The summed E-state index contributed by atoms with van der Waals surface area (Å²) in [6.07, 6.45) is 20.9. The van der Waals surface area contributed by atoms with Crippen molar-refractivity contribution in [3.63, 3.8) is 0 Å². The van der Waals surface area contributed by atoms with E-state index in [9.17, 15) is 4.79 Å². The summed E-state index contributed by atoms with van der Waals surface area (Å²) in [6.45, 7) is 5.24. The van der Waals surface area contributed by atoms with Crippen LogP contribution in [0, 0.1) is 0 Å². The van der Waals surface area contributed by atoms with Crippen molar-refractivity contribution in [1.29, 1.82) is 0 Å². The second-order valence-electron chi connectivity index (χ2n) is 8.49. The van der Waals surface area contributed by atoms with Crippen LogP contribution in [0.4, 0.5) is 0 Å². The van der Waals surface area contributed by atoms with Gasteiger partial charge in [0.25, 0.3) is 0 Å². The maximum atomic E-state index is 11.2. The van der Waals surface area contributed by atoms with E-state index in [1.165, 1.54) is 77.6 Å². The van der Waals surface area contributed by atoms with Gasteiger partial charge in [-0.05, 0) is 18.9 Å². The van der Waals surface area contributed by atoms with Crippen molar-refractivity contribution in [2.24, 2.45) is 5.84 Å². The highest BCUT2D eigenvalue weighted by atomic mass is 16.1. The monoisotopic (exact) mass is 372 g/mol. The van der Waals surface area contributed by atoms with Gasteiger partial charge in [-0.3, -0.25) is 4.79 Å². The van der Waals surface area contributed by atoms with Crippen LogP contribution in [0.2, 0.25) is 11.6 Å². The Balaban J connectivity index is 1.77. The summed E-state index contributed by atoms with van der Waals surface area (Å²) in [5.74, 6) is 7.73. The Hall–Kier alpha value is -1.23. The molecule has 3 N–H and O–H groups in total. The lowest BCUT2D eigenvalue weighted by atomic mass is 9.49. The number of nitrogens with zero attached hydrogens (tertiary/aromatic N) is 1. The summed E-state index contributed by atoms with van der Waals surface area (Å²) in [5, 5.41) is 4.53. The van der Waals surface area contributed by atoms with Crippen molar-refractivity contribution in [3.8, 4) is 0 Å². The Bertz CT molecular complexity index is 476. The molecule has 2 fully saturated rings. The minimum absolute atomic E-state index is 0.0986. The first-order chi connectivity index (χ1) is 13.1. The molecule has 5 heteroatoms. The number of nitrogens with one attached hydrogen (secondary N) is 1. The summed E-state index contributed by atoms with van der Waals surface area (Å²) in [5.41, 5.74) is 0.667. The zero-order chi connectivity index (χ0) is 19.5. The van der Waals surface area contributed by atoms with Crippen LogP contribution in [0.1, 0.15) is 90.4 Å². The summed E-state index contributed by atoms with van der Waals surface area (Å²) < 4.78 is 0. The van der Waals surface area contributed by atoms with E-state index < -0.39 is 0 Å². The summed E-state index contributed by atoms with van der Waals surface area (Å²) in [6, 6.07) is 0.349. The molecular weight excluding hydrogens is 333 g/mol. The molecular formula is C22H39BN3O. The molecule has 0 aromatic heterocycles. The standard InChI is InChI=1S/C22H39BN3O/c1-3-21(25-18(2)27)17-26(24)22-15-13-20(14-16-22)23-19-11-9-7-5-4-6-8-10-12-19/h3,17,19-20,22H,1,4-16,24H2,2H3,(H,25,27)/b21-17+. The molecule has 2 aliphatic rings. The molecule has 0 bridgehead atoms. The molecule has 4 nitrogen and oxygen atoms in total. The minimum atomic E-state index is -0.0986. The van der Waals surface area contributed by atoms with Crippen LogP contribution in [0.5, 0.6) is 0 Å². The first kappa shape index (κ1) is 22.1. The van der Waals surface area contributed by atoms with Crippen molar-refractivity contribution in [1.82, 2.24) is 10.3 Å². The predicted octanol–water partition coefficient (Wildman–Crippen LogP) is 5.07. The molecule has 0 spiro atoms. The van der Waals surface area contributed by atoms with Crippen LogP contribution in [0.25, 0.3) is 0 Å². The number of hydrazine groups is 1. The van der Waals surface area contributed by atoms with E-state index in [-0.39, 0.29) is 5.91 Å². The molecule has 2 rings (SSSR count). The van der Waals surface area contributed by atoms with Gasteiger partial charge in [-0.2, -0.15) is 0 Å². The van der Waals surface area contributed by atoms with E-state index in [0.29, 0.717) is 11.7 Å². The Morgan fingerprint density at radius 1 is 0.963 bits per heavy atom. The maximum Gasteiger partial charge on any atom is 0.221 e. The average Bonchev–Trinajstić information content (AvgIpc) is 2.66. The van der Waals surface area contributed by atoms with Crippen LogP contribution >= 0.6 is 0 Å². The average molecular weight is 372 g/mol. The van der Waals surface area contributed by atoms with Crippen molar-refractivity contribution >= 4 is 13.2 Å². The van der Waals surface area contributed by atoms with E-state index in [1.807, 2.05) is 6.20 Å². The van der Waals surface area contributed by atoms with E-state index >= 15 is 0 Å². The van der Waals surface area contributed by atoms with Crippen molar-refractivity contribution in [2.75, 3.05) is 0 Å². The van der Waals surface area contributed by atoms with Gasteiger partial charge >= 0.3 is 0 Å². The van der Waals surface area contributed by atoms with Gasteiger partial charge < -0.3 is 10.3 Å². The second kappa shape index (κ2) is 12.3. The van der Waals surface area contributed by atoms with Crippen molar-refractivity contribution < 1.29 is 4.79 Å². The van der Waals surface area contributed by atoms with Gasteiger partial charge in [0, 0.05) is 19.2 Å². The molecule has 0 aromatic carbocycles. The lowest BCUT2D eigenvalue weighted by Gasteiger charge is -2.35. The highest BCUT2D eigenvalue weighted by Gasteiger charge is 2.26. The highest BCUT2D eigenvalue weighted by Crippen LogP contribution is 2.36. The summed E-state index contributed by atoms with van der Waals surface area (Å²) in [4.78, 5) is 11.2. The molecule has 2 saturated carbocycles. The van der Waals surface area contributed by atoms with Crippen LogP contribution in [0.15, 0.2) is 24.6 Å². The lowest BCUT2D eigenvalue weighted by Crippen LogP contribution is -2.40. The molecule has 0 aliphatic heterocycles. The van der Waals surface area contributed by atoms with E-state index in [4.69, 9.17) is 5.84 Å². The number of carbonyl (C=O) groups excluding carboxylic acids is 1. The minimum Gasteiger partial charge on any atom is -0.325 e. The van der Waals surface area contributed by atoms with E-state index in [1.54, 1.807) is 11.1 Å². The molecule has 0 heterocycles. The van der Waals surface area contributed by atoms with E-state index in [0.717, 1.165) is 24.5 Å². The van der Waals surface area contributed by atoms with Crippen molar-refractivity contribution in [2.45, 2.75) is 108 Å². The number of hydrogen-bond acceptors (Lipinski definition) is 3. The third-order valence-electron chi connectivity index (χ3n) is 6.19. The van der Waals surface area contributed by atoms with Crippen LogP contribution < -0.4 is 11.2 Å². The normalized spacial score (nSPS) is 26.1. The van der Waals surface area contributed by atoms with Gasteiger partial charge in [-0.15, -0.1) is 0 Å². The molecule has 151 valence electrons. The zero-order valence-electron chi connectivity index (χ0n) is 17.3. The first-order valence-electron chi connectivity index (χ1n) is 11.1. The number of hydrogen-bond donors (Lipinski definition) is 2. The second-order valence-corrected chi connectivity index (χ2v) is 8.49. The van der Waals surface area contributed by atoms with Crippen LogP contribution in [0.3, 0.4) is 0 Å². The molecule has 0 aromatic rings. The molecule has 1 radical (unpaired) electrons.